The Balaban J connectivity index is 1.71. The molecule has 0 spiro atoms. The van der Waals surface area contributed by atoms with Crippen LogP contribution in [0.4, 0.5) is 9.18 Å². The molecule has 34 heavy (non-hydrogen) atoms. The van der Waals surface area contributed by atoms with E-state index >= 15 is 0 Å². The Morgan fingerprint density at radius 3 is 2.29 bits per heavy atom. The third kappa shape index (κ3) is 10.9. The van der Waals surface area contributed by atoms with E-state index in [0.29, 0.717) is 25.9 Å². The highest BCUT2D eigenvalue weighted by molar-refractivity contribution is 5.87. The van der Waals surface area contributed by atoms with Gasteiger partial charge in [-0.05, 0) is 42.5 Å². The van der Waals surface area contributed by atoms with E-state index in [4.69, 9.17) is 4.74 Å². The zero-order chi connectivity index (χ0) is 24.6. The molecule has 1 unspecified atom stereocenters. The molecule has 0 aliphatic rings. The Morgan fingerprint density at radius 2 is 1.59 bits per heavy atom. The van der Waals surface area contributed by atoms with Gasteiger partial charge in [-0.2, -0.15) is 0 Å². The van der Waals surface area contributed by atoms with E-state index in [1.165, 1.54) is 12.1 Å². The number of ether oxygens (including phenoxy) is 1. The molecule has 0 aromatic heterocycles. The van der Waals surface area contributed by atoms with Crippen LogP contribution >= 0.6 is 0 Å². The lowest BCUT2D eigenvalue weighted by Crippen LogP contribution is -2.48. The predicted octanol–water partition coefficient (Wildman–Crippen LogP) is 3.87. The molecule has 2 rings (SSSR count). The minimum absolute atomic E-state index is 0.199. The van der Waals surface area contributed by atoms with E-state index in [-0.39, 0.29) is 37.1 Å². The van der Waals surface area contributed by atoms with Gasteiger partial charge in [-0.3, -0.25) is 9.59 Å². The minimum Gasteiger partial charge on any atom is -0.445 e. The Hall–Kier alpha value is -3.42. The first kappa shape index (κ1) is 26.8. The van der Waals surface area contributed by atoms with Crippen LogP contribution in [0.3, 0.4) is 0 Å². The number of amides is 3. The number of nitrogens with one attached hydrogen (secondary N) is 3. The molecule has 3 amide bonds. The molecule has 3 N–H and O–H groups in total. The summed E-state index contributed by atoms with van der Waals surface area (Å²) in [6.07, 6.45) is 2.94. The van der Waals surface area contributed by atoms with Gasteiger partial charge in [0.1, 0.15) is 18.5 Å². The van der Waals surface area contributed by atoms with Crippen LogP contribution in [0.5, 0.6) is 0 Å². The van der Waals surface area contributed by atoms with Crippen molar-refractivity contribution in [2.75, 3.05) is 13.1 Å². The van der Waals surface area contributed by atoms with Gasteiger partial charge in [0.2, 0.25) is 11.8 Å². The van der Waals surface area contributed by atoms with E-state index in [0.717, 1.165) is 24.0 Å². The lowest BCUT2D eigenvalue weighted by molar-refractivity contribution is -0.129. The Kier molecular flexibility index (Phi) is 12.2. The van der Waals surface area contributed by atoms with Crippen LogP contribution in [0.15, 0.2) is 54.6 Å². The lowest BCUT2D eigenvalue weighted by Gasteiger charge is -2.19. The number of halogens is 1. The molecule has 0 bridgehead atoms. The average molecular weight is 472 g/mol. The van der Waals surface area contributed by atoms with Crippen LogP contribution in [0.1, 0.15) is 50.2 Å². The molecule has 2 aromatic carbocycles. The van der Waals surface area contributed by atoms with Crippen molar-refractivity contribution in [2.24, 2.45) is 0 Å². The van der Waals surface area contributed by atoms with Gasteiger partial charge in [0.05, 0.1) is 0 Å². The largest absolute Gasteiger partial charge is 0.445 e. The molecule has 184 valence electrons. The quantitative estimate of drug-likeness (QED) is 0.365. The van der Waals surface area contributed by atoms with Gasteiger partial charge in [0.15, 0.2) is 0 Å². The average Bonchev–Trinajstić information content (AvgIpc) is 2.84. The summed E-state index contributed by atoms with van der Waals surface area (Å²) < 4.78 is 18.3. The highest BCUT2D eigenvalue weighted by Gasteiger charge is 2.21. The molecule has 7 nitrogen and oxygen atoms in total. The number of rotatable bonds is 14. The molecule has 0 radical (unpaired) electrons. The highest BCUT2D eigenvalue weighted by Crippen LogP contribution is 2.07. The molecule has 0 fully saturated rings. The number of carbonyl (C=O) groups excluding carboxylic acids is 3. The number of benzene rings is 2. The monoisotopic (exact) mass is 471 g/mol. The first-order valence-corrected chi connectivity index (χ1v) is 11.7. The van der Waals surface area contributed by atoms with E-state index in [1.54, 1.807) is 12.1 Å². The summed E-state index contributed by atoms with van der Waals surface area (Å²) in [4.78, 5) is 36.8. The van der Waals surface area contributed by atoms with Crippen LogP contribution in [-0.2, 0) is 27.4 Å². The summed E-state index contributed by atoms with van der Waals surface area (Å²) in [5.74, 6) is -0.854. The minimum atomic E-state index is -0.735. The first-order valence-electron chi connectivity index (χ1n) is 11.7. The lowest BCUT2D eigenvalue weighted by atomic mass is 10.0. The smallest absolute Gasteiger partial charge is 0.407 e. The van der Waals surface area contributed by atoms with Crippen molar-refractivity contribution in [2.45, 2.75) is 58.1 Å². The van der Waals surface area contributed by atoms with Gasteiger partial charge in [-0.25, -0.2) is 9.18 Å². The second kappa shape index (κ2) is 15.4. The van der Waals surface area contributed by atoms with Crippen LogP contribution in [0.2, 0.25) is 0 Å². The molecule has 0 heterocycles. The van der Waals surface area contributed by atoms with Gasteiger partial charge >= 0.3 is 6.09 Å². The van der Waals surface area contributed by atoms with E-state index < -0.39 is 12.1 Å². The highest BCUT2D eigenvalue weighted by atomic mass is 19.1. The second-order valence-electron chi connectivity index (χ2n) is 8.04. The van der Waals surface area contributed by atoms with Crippen molar-refractivity contribution in [1.82, 2.24) is 16.0 Å². The van der Waals surface area contributed by atoms with Crippen molar-refractivity contribution in [1.29, 1.82) is 0 Å². The summed E-state index contributed by atoms with van der Waals surface area (Å²) >= 11 is 0. The van der Waals surface area contributed by atoms with Gasteiger partial charge in [0.25, 0.3) is 0 Å². The SMILES string of the molecule is CCCCNC(=O)C(Cc1ccc(F)cc1)NC(=O)CCCCNC(=O)OCc1ccccc1. The predicted molar refractivity (Wildman–Crippen MR) is 128 cm³/mol. The van der Waals surface area contributed by atoms with Gasteiger partial charge in [-0.1, -0.05) is 55.8 Å². The number of hydrogen-bond acceptors (Lipinski definition) is 4. The number of hydrogen-bond donors (Lipinski definition) is 3. The summed E-state index contributed by atoms with van der Waals surface area (Å²) in [6.45, 7) is 3.15. The van der Waals surface area contributed by atoms with E-state index in [2.05, 4.69) is 16.0 Å². The first-order chi connectivity index (χ1) is 16.5. The van der Waals surface area contributed by atoms with Crippen LogP contribution < -0.4 is 16.0 Å². The third-order valence-corrected chi connectivity index (χ3v) is 5.15. The number of unbranched alkanes of at least 4 members (excludes halogenated alkanes) is 2. The number of alkyl carbamates (subject to hydrolysis) is 1. The summed E-state index contributed by atoms with van der Waals surface area (Å²) in [5, 5.41) is 8.30. The van der Waals surface area contributed by atoms with Gasteiger partial charge in [0, 0.05) is 25.9 Å². The van der Waals surface area contributed by atoms with E-state index in [9.17, 15) is 18.8 Å². The topological polar surface area (TPSA) is 96.5 Å². The Morgan fingerprint density at radius 1 is 0.882 bits per heavy atom. The maximum Gasteiger partial charge on any atom is 0.407 e. The van der Waals surface area contributed by atoms with Gasteiger partial charge < -0.3 is 20.7 Å². The summed E-state index contributed by atoms with van der Waals surface area (Å²) in [6, 6.07) is 14.5. The van der Waals surface area contributed by atoms with Crippen LogP contribution in [0, 0.1) is 5.82 Å². The van der Waals surface area contributed by atoms with Crippen molar-refractivity contribution in [3.8, 4) is 0 Å². The fourth-order valence-electron chi connectivity index (χ4n) is 3.22. The molecule has 8 heteroatoms. The van der Waals surface area contributed by atoms with E-state index in [1.807, 2.05) is 37.3 Å². The molecule has 2 aromatic rings. The zero-order valence-electron chi connectivity index (χ0n) is 19.6. The fourth-order valence-corrected chi connectivity index (χ4v) is 3.22. The van der Waals surface area contributed by atoms with Crippen molar-refractivity contribution >= 4 is 17.9 Å². The number of carbonyl (C=O) groups is 3. The van der Waals surface area contributed by atoms with Crippen molar-refractivity contribution in [3.63, 3.8) is 0 Å². The fraction of sp³-hybridized carbons (Fsp3) is 0.423. The maximum absolute atomic E-state index is 13.2. The third-order valence-electron chi connectivity index (χ3n) is 5.15. The standard InChI is InChI=1S/C26H34FN3O4/c1-2-3-16-28-25(32)23(18-20-12-14-22(27)15-13-20)30-24(31)11-7-8-17-29-26(33)34-19-21-9-5-4-6-10-21/h4-6,9-10,12-15,23H,2-3,7-8,11,16-19H2,1H3,(H,28,32)(H,29,33)(H,30,31). The molecule has 1 atom stereocenters. The van der Waals surface area contributed by atoms with Crippen LogP contribution in [-0.4, -0.2) is 37.0 Å². The molecule has 0 aliphatic heterocycles. The molecular formula is C26H34FN3O4. The molecule has 0 saturated carbocycles. The normalized spacial score (nSPS) is 11.4. The molecule has 0 saturated heterocycles. The molecular weight excluding hydrogens is 437 g/mol. The van der Waals surface area contributed by atoms with Crippen LogP contribution in [0.25, 0.3) is 0 Å². The summed E-state index contributed by atoms with van der Waals surface area (Å²) in [5.41, 5.74) is 1.67. The van der Waals surface area contributed by atoms with Crippen molar-refractivity contribution in [3.05, 3.63) is 71.5 Å². The van der Waals surface area contributed by atoms with Crippen molar-refractivity contribution < 1.29 is 23.5 Å². The molecule has 0 aliphatic carbocycles. The maximum atomic E-state index is 13.2. The van der Waals surface area contributed by atoms with Gasteiger partial charge in [-0.15, -0.1) is 0 Å². The summed E-state index contributed by atoms with van der Waals surface area (Å²) in [7, 11) is 0. The zero-order valence-corrected chi connectivity index (χ0v) is 19.6. The Bertz CT molecular complexity index is 891. The Labute approximate surface area is 200 Å². The second-order valence-corrected chi connectivity index (χ2v) is 8.04.